The van der Waals surface area contributed by atoms with Crippen molar-refractivity contribution < 1.29 is 5.11 Å². The van der Waals surface area contributed by atoms with E-state index in [1.807, 2.05) is 6.92 Å². The maximum atomic E-state index is 8.64. The Morgan fingerprint density at radius 1 is 1.82 bits per heavy atom. The largest absolute Gasteiger partial charge is 0.396 e. The third-order valence-electron chi connectivity index (χ3n) is 1.08. The number of aliphatic hydroxyl groups excluding tert-OH is 1. The highest BCUT2D eigenvalue weighted by Gasteiger charge is 1.98. The minimum Gasteiger partial charge on any atom is -0.396 e. The van der Waals surface area contributed by atoms with Gasteiger partial charge < -0.3 is 16.2 Å². The van der Waals surface area contributed by atoms with Crippen LogP contribution in [-0.2, 0) is 0 Å². The first-order valence-corrected chi connectivity index (χ1v) is 4.58. The molecule has 0 aliphatic heterocycles. The molecule has 0 radical (unpaired) electrons. The molecule has 0 bridgehead atoms. The Morgan fingerprint density at radius 3 is 2.91 bits per heavy atom. The predicted molar refractivity (Wildman–Crippen MR) is 48.6 cm³/mol. The van der Waals surface area contributed by atoms with Crippen LogP contribution in [0.2, 0.25) is 0 Å². The zero-order valence-electron chi connectivity index (χ0n) is 6.63. The van der Waals surface area contributed by atoms with Gasteiger partial charge in [0, 0.05) is 6.61 Å². The molecule has 0 amide bonds. The summed E-state index contributed by atoms with van der Waals surface area (Å²) < 4.78 is 0. The molecule has 0 saturated heterocycles. The van der Waals surface area contributed by atoms with Gasteiger partial charge in [0.2, 0.25) is 0 Å². The van der Waals surface area contributed by atoms with Crippen molar-refractivity contribution in [3.05, 3.63) is 0 Å². The molecular formula is C6H15N3OS. The maximum Gasteiger partial charge on any atom is 0.186 e. The van der Waals surface area contributed by atoms with Gasteiger partial charge in [0.25, 0.3) is 0 Å². The van der Waals surface area contributed by atoms with E-state index in [0.29, 0.717) is 11.8 Å². The molecule has 0 aromatic rings. The highest BCUT2D eigenvalue weighted by Crippen LogP contribution is 2.04. The zero-order chi connectivity index (χ0) is 8.69. The van der Waals surface area contributed by atoms with E-state index in [2.05, 4.69) is 5.32 Å². The molecule has 5 heteroatoms. The van der Waals surface area contributed by atoms with Gasteiger partial charge in [-0.05, 0) is 11.7 Å². The average Bonchev–Trinajstić information content (AvgIpc) is 1.97. The Morgan fingerprint density at radius 2 is 2.45 bits per heavy atom. The van der Waals surface area contributed by atoms with Crippen molar-refractivity contribution in [2.24, 2.45) is 11.7 Å². The molecule has 0 aliphatic rings. The van der Waals surface area contributed by atoms with Gasteiger partial charge in [0.1, 0.15) is 0 Å². The predicted octanol–water partition coefficient (Wildman–Crippen LogP) is -0.211. The van der Waals surface area contributed by atoms with Gasteiger partial charge in [-0.15, -0.1) is 11.8 Å². The molecule has 66 valence electrons. The number of rotatable bonds is 5. The first-order valence-electron chi connectivity index (χ1n) is 3.43. The van der Waals surface area contributed by atoms with Crippen molar-refractivity contribution in [3.8, 4) is 0 Å². The van der Waals surface area contributed by atoms with Crippen molar-refractivity contribution in [1.82, 2.24) is 5.32 Å². The van der Waals surface area contributed by atoms with Crippen LogP contribution in [0.15, 0.2) is 0 Å². The summed E-state index contributed by atoms with van der Waals surface area (Å²) in [6.07, 6.45) is 0. The maximum absolute atomic E-state index is 8.64. The summed E-state index contributed by atoms with van der Waals surface area (Å²) in [6.45, 7) is 2.19. The number of nitrogens with two attached hydrogens (primary N) is 1. The standard InChI is InChI=1S/C6H15N3OS/c1-5(2-10)3-11-4-9-6(7)8/h5,10H,2-4H2,1H3,(H4,7,8,9). The van der Waals surface area contributed by atoms with E-state index in [1.165, 1.54) is 0 Å². The lowest BCUT2D eigenvalue weighted by atomic mass is 10.2. The number of guanidine groups is 1. The molecule has 0 aliphatic carbocycles. The molecule has 4 nitrogen and oxygen atoms in total. The van der Waals surface area contributed by atoms with E-state index in [1.54, 1.807) is 11.8 Å². The molecule has 0 heterocycles. The van der Waals surface area contributed by atoms with Crippen LogP contribution in [0.5, 0.6) is 0 Å². The lowest BCUT2D eigenvalue weighted by Gasteiger charge is -2.07. The molecule has 0 rings (SSSR count). The molecule has 0 fully saturated rings. The fraction of sp³-hybridized carbons (Fsp3) is 0.833. The molecular weight excluding hydrogens is 162 g/mol. The van der Waals surface area contributed by atoms with Crippen molar-refractivity contribution in [2.75, 3.05) is 18.2 Å². The summed E-state index contributed by atoms with van der Waals surface area (Å²) in [5, 5.41) is 18.1. The molecule has 11 heavy (non-hydrogen) atoms. The second-order valence-corrected chi connectivity index (χ2v) is 3.42. The number of aliphatic hydroxyl groups is 1. The van der Waals surface area contributed by atoms with Crippen LogP contribution in [0.1, 0.15) is 6.92 Å². The van der Waals surface area contributed by atoms with Crippen molar-refractivity contribution in [3.63, 3.8) is 0 Å². The molecule has 0 aromatic carbocycles. The smallest absolute Gasteiger partial charge is 0.186 e. The van der Waals surface area contributed by atoms with E-state index in [9.17, 15) is 0 Å². The first-order chi connectivity index (χ1) is 5.16. The molecule has 0 saturated carbocycles. The third kappa shape index (κ3) is 7.48. The van der Waals surface area contributed by atoms with E-state index in [0.717, 1.165) is 5.75 Å². The Labute approximate surface area is 71.1 Å². The van der Waals surface area contributed by atoms with Crippen LogP contribution in [-0.4, -0.2) is 29.3 Å². The number of hydrogen-bond acceptors (Lipinski definition) is 3. The summed E-state index contributed by atoms with van der Waals surface area (Å²) in [4.78, 5) is 0. The van der Waals surface area contributed by atoms with Crippen LogP contribution in [0.25, 0.3) is 0 Å². The summed E-state index contributed by atoms with van der Waals surface area (Å²) in [5.74, 6) is 1.83. The Hall–Kier alpha value is -0.420. The van der Waals surface area contributed by atoms with E-state index in [-0.39, 0.29) is 12.6 Å². The average molecular weight is 177 g/mol. The van der Waals surface area contributed by atoms with E-state index < -0.39 is 0 Å². The number of hydrogen-bond donors (Lipinski definition) is 4. The van der Waals surface area contributed by atoms with Gasteiger partial charge in [-0.2, -0.15) is 0 Å². The lowest BCUT2D eigenvalue weighted by Crippen LogP contribution is -2.30. The number of thioether (sulfide) groups is 1. The second-order valence-electron chi connectivity index (χ2n) is 2.39. The van der Waals surface area contributed by atoms with Crippen LogP contribution in [0, 0.1) is 11.3 Å². The Balaban J connectivity index is 3.08. The van der Waals surface area contributed by atoms with Crippen LogP contribution in [0.3, 0.4) is 0 Å². The van der Waals surface area contributed by atoms with Gasteiger partial charge in [-0.1, -0.05) is 6.92 Å². The van der Waals surface area contributed by atoms with Crippen LogP contribution >= 0.6 is 11.8 Å². The van der Waals surface area contributed by atoms with Gasteiger partial charge in [0.15, 0.2) is 5.96 Å². The second kappa shape index (κ2) is 6.30. The molecule has 0 spiro atoms. The minimum atomic E-state index is -0.00542. The number of nitrogens with one attached hydrogen (secondary N) is 2. The van der Waals surface area contributed by atoms with Crippen molar-refractivity contribution >= 4 is 17.7 Å². The van der Waals surface area contributed by atoms with Crippen LogP contribution < -0.4 is 11.1 Å². The molecule has 1 atom stereocenters. The molecule has 5 N–H and O–H groups in total. The highest BCUT2D eigenvalue weighted by atomic mass is 32.2. The summed E-state index contributed by atoms with van der Waals surface area (Å²) in [7, 11) is 0. The van der Waals surface area contributed by atoms with Gasteiger partial charge in [0.05, 0.1) is 5.88 Å². The fourth-order valence-corrected chi connectivity index (χ4v) is 1.32. The fourth-order valence-electron chi connectivity index (χ4n) is 0.442. The van der Waals surface area contributed by atoms with Gasteiger partial charge >= 0.3 is 0 Å². The summed E-state index contributed by atoms with van der Waals surface area (Å²) in [6, 6.07) is 0. The Kier molecular flexibility index (Phi) is 6.06. The monoisotopic (exact) mass is 177 g/mol. The third-order valence-corrected chi connectivity index (χ3v) is 2.23. The quantitative estimate of drug-likeness (QED) is 0.203. The SMILES string of the molecule is CC(CO)CSCNC(=N)N. The normalized spacial score (nSPS) is 12.5. The molecule has 0 aromatic heterocycles. The van der Waals surface area contributed by atoms with E-state index >= 15 is 0 Å². The highest BCUT2D eigenvalue weighted by molar-refractivity contribution is 7.99. The zero-order valence-corrected chi connectivity index (χ0v) is 7.45. The van der Waals surface area contributed by atoms with Crippen molar-refractivity contribution in [2.45, 2.75) is 6.92 Å². The summed E-state index contributed by atoms with van der Waals surface area (Å²) >= 11 is 1.62. The van der Waals surface area contributed by atoms with Crippen LogP contribution in [0.4, 0.5) is 0 Å². The summed E-state index contributed by atoms with van der Waals surface area (Å²) in [5.41, 5.74) is 5.05. The Bertz CT molecular complexity index is 120. The van der Waals surface area contributed by atoms with Gasteiger partial charge in [-0.25, -0.2) is 0 Å². The van der Waals surface area contributed by atoms with E-state index in [4.69, 9.17) is 16.2 Å². The molecule has 1 unspecified atom stereocenters. The topological polar surface area (TPSA) is 82.1 Å². The van der Waals surface area contributed by atoms with Crippen molar-refractivity contribution in [1.29, 1.82) is 5.41 Å². The lowest BCUT2D eigenvalue weighted by molar-refractivity contribution is 0.250. The first kappa shape index (κ1) is 10.6. The van der Waals surface area contributed by atoms with Gasteiger partial charge in [-0.3, -0.25) is 5.41 Å². The minimum absolute atomic E-state index is 0.00542.